The molecule has 0 bridgehead atoms. The van der Waals surface area contributed by atoms with Crippen molar-refractivity contribution in [2.24, 2.45) is 0 Å². The summed E-state index contributed by atoms with van der Waals surface area (Å²) in [5.74, 6) is 1.38. The molecule has 3 nitrogen and oxygen atoms in total. The second kappa shape index (κ2) is 7.06. The minimum absolute atomic E-state index is 0.302. The van der Waals surface area contributed by atoms with Crippen LogP contribution < -0.4 is 4.74 Å². The van der Waals surface area contributed by atoms with E-state index in [2.05, 4.69) is 13.8 Å². The van der Waals surface area contributed by atoms with Gasteiger partial charge >= 0.3 is 0 Å². The molecule has 0 aromatic heterocycles. The zero-order valence-electron chi connectivity index (χ0n) is 15.4. The Hall–Kier alpha value is -2.24. The van der Waals surface area contributed by atoms with E-state index in [-0.39, 0.29) is 0 Å². The van der Waals surface area contributed by atoms with Gasteiger partial charge in [0.1, 0.15) is 11.5 Å². The van der Waals surface area contributed by atoms with Gasteiger partial charge in [-0.1, -0.05) is 38.1 Å². The second-order valence-electron chi connectivity index (χ2n) is 6.84. The van der Waals surface area contributed by atoms with E-state index in [0.717, 1.165) is 11.1 Å². The highest BCUT2D eigenvalue weighted by atomic mass is 32.2. The molecule has 2 unspecified atom stereocenters. The molecule has 1 heterocycles. The van der Waals surface area contributed by atoms with Crippen molar-refractivity contribution in [2.45, 2.75) is 46.3 Å². The van der Waals surface area contributed by atoms with E-state index < -0.39 is 21.6 Å². The summed E-state index contributed by atoms with van der Waals surface area (Å²) in [5.41, 5.74) is 2.23. The molecular weight excluding hydrogens is 376 g/mol. The van der Waals surface area contributed by atoms with Gasteiger partial charge in [0.05, 0.1) is 41.2 Å². The monoisotopic (exact) mass is 396 g/mol. The minimum Gasteiger partial charge on any atom is -0.455 e. The van der Waals surface area contributed by atoms with Crippen molar-refractivity contribution in [3.8, 4) is 11.5 Å². The minimum atomic E-state index is -1.49. The van der Waals surface area contributed by atoms with E-state index in [1.54, 1.807) is 24.3 Å². The maximum Gasteiger partial charge on any atom is 0.144 e. The van der Waals surface area contributed by atoms with Gasteiger partial charge in [-0.05, 0) is 60.4 Å². The molecule has 27 heavy (non-hydrogen) atoms. The van der Waals surface area contributed by atoms with E-state index in [1.807, 2.05) is 43.3 Å². The van der Waals surface area contributed by atoms with E-state index in [9.17, 15) is 8.42 Å². The second-order valence-corrected chi connectivity index (χ2v) is 9.68. The molecule has 0 N–H and O–H groups in total. The molecule has 0 radical (unpaired) electrons. The zero-order chi connectivity index (χ0) is 19.1. The molecule has 3 aromatic carbocycles. The molecule has 138 valence electrons. The molecular formula is C22H20O3S2. The highest BCUT2D eigenvalue weighted by molar-refractivity contribution is 7.88. The van der Waals surface area contributed by atoms with Crippen molar-refractivity contribution >= 4 is 21.6 Å². The van der Waals surface area contributed by atoms with Gasteiger partial charge in [0.25, 0.3) is 0 Å². The first-order valence-corrected chi connectivity index (χ1v) is 11.1. The maximum absolute atomic E-state index is 13.5. The Morgan fingerprint density at radius 1 is 0.741 bits per heavy atom. The summed E-state index contributed by atoms with van der Waals surface area (Å²) in [7, 11) is -2.97. The van der Waals surface area contributed by atoms with E-state index in [1.165, 1.54) is 0 Å². The fourth-order valence-electron chi connectivity index (χ4n) is 3.32. The topological polar surface area (TPSA) is 43.4 Å². The summed E-state index contributed by atoms with van der Waals surface area (Å²) in [6.07, 6.45) is 0. The lowest BCUT2D eigenvalue weighted by Crippen LogP contribution is -2.02. The molecule has 0 spiro atoms. The Morgan fingerprint density at radius 3 is 1.93 bits per heavy atom. The third kappa shape index (κ3) is 3.15. The zero-order valence-corrected chi connectivity index (χ0v) is 17.0. The SMILES string of the molecule is Cc1cc2c(cc1C(C)C)S(=O)c1ccccc1S(=O)c1ccccc1O2. The summed E-state index contributed by atoms with van der Waals surface area (Å²) >= 11 is 0. The Kier molecular flexibility index (Phi) is 4.74. The van der Waals surface area contributed by atoms with Gasteiger partial charge in [-0.2, -0.15) is 0 Å². The van der Waals surface area contributed by atoms with Crippen molar-refractivity contribution in [3.05, 3.63) is 71.8 Å². The fraction of sp³-hybridized carbons (Fsp3) is 0.182. The van der Waals surface area contributed by atoms with E-state index >= 15 is 0 Å². The average molecular weight is 397 g/mol. The van der Waals surface area contributed by atoms with Crippen LogP contribution in [0.15, 0.2) is 80.2 Å². The number of hydrogen-bond acceptors (Lipinski definition) is 3. The van der Waals surface area contributed by atoms with E-state index in [0.29, 0.717) is 37.0 Å². The number of rotatable bonds is 1. The van der Waals surface area contributed by atoms with Crippen LogP contribution in [0.2, 0.25) is 0 Å². The van der Waals surface area contributed by atoms with Gasteiger partial charge in [-0.15, -0.1) is 0 Å². The summed E-state index contributed by atoms with van der Waals surface area (Å²) < 4.78 is 32.9. The highest BCUT2D eigenvalue weighted by Gasteiger charge is 2.26. The van der Waals surface area contributed by atoms with Crippen LogP contribution in [0.4, 0.5) is 0 Å². The number of para-hydroxylation sites is 1. The molecule has 1 aliphatic rings. The maximum atomic E-state index is 13.5. The molecule has 2 atom stereocenters. The van der Waals surface area contributed by atoms with Crippen LogP contribution in [0.25, 0.3) is 0 Å². The van der Waals surface area contributed by atoms with Crippen molar-refractivity contribution in [3.63, 3.8) is 0 Å². The first-order valence-electron chi connectivity index (χ1n) is 8.81. The van der Waals surface area contributed by atoms with Crippen LogP contribution in [0.5, 0.6) is 11.5 Å². The van der Waals surface area contributed by atoms with Crippen LogP contribution in [-0.2, 0) is 21.6 Å². The van der Waals surface area contributed by atoms with Gasteiger partial charge < -0.3 is 4.74 Å². The third-order valence-electron chi connectivity index (χ3n) is 4.67. The molecule has 5 heteroatoms. The van der Waals surface area contributed by atoms with Crippen molar-refractivity contribution < 1.29 is 13.2 Å². The van der Waals surface area contributed by atoms with Gasteiger partial charge in [0.2, 0.25) is 0 Å². The molecule has 1 aliphatic heterocycles. The Morgan fingerprint density at radius 2 is 1.30 bits per heavy atom. The van der Waals surface area contributed by atoms with Crippen LogP contribution in [0.3, 0.4) is 0 Å². The highest BCUT2D eigenvalue weighted by Crippen LogP contribution is 2.40. The third-order valence-corrected chi connectivity index (χ3v) is 7.77. The fourth-order valence-corrected chi connectivity index (χ4v) is 6.17. The molecule has 0 aliphatic carbocycles. The van der Waals surface area contributed by atoms with Crippen LogP contribution in [0.1, 0.15) is 30.9 Å². The molecule has 0 amide bonds. The first kappa shape index (κ1) is 18.1. The standard InChI is InChI=1S/C22H20O3S2/c1-14(2)16-13-22-18(12-15(16)3)25-17-8-4-5-9-19(17)26(23)20-10-6-7-11-21(20)27(22)24/h4-14H,1-3H3. The Labute approximate surface area is 164 Å². The van der Waals surface area contributed by atoms with E-state index in [4.69, 9.17) is 4.74 Å². The van der Waals surface area contributed by atoms with Crippen molar-refractivity contribution in [1.82, 2.24) is 0 Å². The van der Waals surface area contributed by atoms with Crippen molar-refractivity contribution in [2.75, 3.05) is 0 Å². The Bertz CT molecular complexity index is 1090. The van der Waals surface area contributed by atoms with Gasteiger partial charge in [0.15, 0.2) is 0 Å². The first-order chi connectivity index (χ1) is 13.0. The lowest BCUT2D eigenvalue weighted by molar-refractivity contribution is 0.457. The number of fused-ring (bicyclic) bond motifs is 3. The summed E-state index contributed by atoms with van der Waals surface area (Å²) in [5, 5.41) is 0. The lowest BCUT2D eigenvalue weighted by atomic mass is 9.98. The van der Waals surface area contributed by atoms with Gasteiger partial charge in [0, 0.05) is 0 Å². The number of hydrogen-bond donors (Lipinski definition) is 0. The van der Waals surface area contributed by atoms with Gasteiger partial charge in [-0.25, -0.2) is 8.42 Å². The average Bonchev–Trinajstić information content (AvgIpc) is 2.70. The summed E-state index contributed by atoms with van der Waals surface area (Å²) in [6, 6.07) is 18.4. The molecule has 0 fully saturated rings. The number of aryl methyl sites for hydroxylation is 1. The quantitative estimate of drug-likeness (QED) is 0.423. The smallest absolute Gasteiger partial charge is 0.144 e. The molecule has 4 rings (SSSR count). The lowest BCUT2D eigenvalue weighted by Gasteiger charge is -2.16. The predicted octanol–water partition coefficient (Wildman–Crippen LogP) is 5.56. The van der Waals surface area contributed by atoms with Gasteiger partial charge in [-0.3, -0.25) is 0 Å². The number of ether oxygens (including phenoxy) is 1. The molecule has 0 saturated carbocycles. The van der Waals surface area contributed by atoms with Crippen LogP contribution in [0, 0.1) is 6.92 Å². The molecule has 0 saturated heterocycles. The largest absolute Gasteiger partial charge is 0.455 e. The van der Waals surface area contributed by atoms with Crippen LogP contribution >= 0.6 is 0 Å². The normalized spacial score (nSPS) is 18.4. The molecule has 3 aromatic rings. The summed E-state index contributed by atoms with van der Waals surface area (Å²) in [6.45, 7) is 6.27. The summed E-state index contributed by atoms with van der Waals surface area (Å²) in [4.78, 5) is 2.33. The Balaban J connectivity index is 2.06. The number of benzene rings is 3. The predicted molar refractivity (Wildman–Crippen MR) is 108 cm³/mol. The van der Waals surface area contributed by atoms with Crippen LogP contribution in [-0.4, -0.2) is 8.42 Å². The van der Waals surface area contributed by atoms with Crippen molar-refractivity contribution in [1.29, 1.82) is 0 Å².